The summed E-state index contributed by atoms with van der Waals surface area (Å²) in [7, 11) is 0. The Morgan fingerprint density at radius 2 is 1.29 bits per heavy atom. The van der Waals surface area contributed by atoms with Crippen LogP contribution in [0.5, 0.6) is 0 Å². The Bertz CT molecular complexity index is 2060. The second kappa shape index (κ2) is 7.05. The minimum atomic E-state index is 1.06. The van der Waals surface area contributed by atoms with Crippen LogP contribution in [0.4, 0.5) is 0 Å². The molecule has 35 heavy (non-hydrogen) atoms. The zero-order chi connectivity index (χ0) is 22.9. The molecule has 0 bridgehead atoms. The molecule has 0 amide bonds. The molecule has 0 radical (unpaired) electrons. The topological polar surface area (TPSA) is 22.8 Å². The maximum absolute atomic E-state index is 4.82. The van der Waals surface area contributed by atoms with Crippen molar-refractivity contribution in [3.63, 3.8) is 0 Å². The molecule has 0 spiro atoms. The summed E-state index contributed by atoms with van der Waals surface area (Å²) in [5.74, 6) is 0. The molecule has 8 aromatic rings. The first-order valence-corrected chi connectivity index (χ1v) is 12.6. The van der Waals surface area contributed by atoms with Crippen LogP contribution in [0, 0.1) is 0 Å². The fourth-order valence-corrected chi connectivity index (χ4v) is 6.75. The van der Waals surface area contributed by atoms with Crippen molar-refractivity contribution >= 4 is 64.5 Å². The van der Waals surface area contributed by atoms with E-state index in [0.29, 0.717) is 0 Å². The van der Waals surface area contributed by atoms with Crippen LogP contribution >= 0.6 is 11.3 Å². The number of aromatic nitrogens is 3. The molecule has 0 atom stereocenters. The number of nitrogens with zero attached hydrogens (tertiary/aromatic N) is 3. The summed E-state index contributed by atoms with van der Waals surface area (Å²) in [6, 6.07) is 39.0. The molecule has 0 unspecified atom stereocenters. The van der Waals surface area contributed by atoms with E-state index in [1.165, 1.54) is 47.8 Å². The van der Waals surface area contributed by atoms with Gasteiger partial charge >= 0.3 is 0 Å². The highest BCUT2D eigenvalue weighted by Gasteiger charge is 2.19. The van der Waals surface area contributed by atoms with E-state index < -0.39 is 0 Å². The molecule has 0 saturated heterocycles. The number of para-hydroxylation sites is 2. The maximum atomic E-state index is 4.82. The molecular weight excluding hydrogens is 446 g/mol. The molecule has 4 heterocycles. The van der Waals surface area contributed by atoms with E-state index >= 15 is 0 Å². The molecule has 0 saturated carbocycles. The Morgan fingerprint density at radius 1 is 0.543 bits per heavy atom. The lowest BCUT2D eigenvalue weighted by atomic mass is 10.1. The lowest BCUT2D eigenvalue weighted by molar-refractivity contribution is 1.17. The van der Waals surface area contributed by atoms with Crippen molar-refractivity contribution < 1.29 is 0 Å². The number of benzene rings is 4. The van der Waals surface area contributed by atoms with Crippen molar-refractivity contribution in [2.45, 2.75) is 0 Å². The van der Waals surface area contributed by atoms with Crippen molar-refractivity contribution in [1.29, 1.82) is 0 Å². The highest BCUT2D eigenvalue weighted by Crippen LogP contribution is 2.42. The summed E-state index contributed by atoms with van der Waals surface area (Å²) in [5.41, 5.74) is 6.97. The van der Waals surface area contributed by atoms with Crippen LogP contribution in [0.1, 0.15) is 0 Å². The van der Waals surface area contributed by atoms with E-state index in [1.807, 2.05) is 23.6 Å². The Balaban J connectivity index is 1.49. The summed E-state index contributed by atoms with van der Waals surface area (Å²) in [6.45, 7) is 0. The van der Waals surface area contributed by atoms with Gasteiger partial charge in [0, 0.05) is 43.8 Å². The van der Waals surface area contributed by atoms with Gasteiger partial charge in [-0.25, -0.2) is 0 Å². The normalized spacial score (nSPS) is 12.0. The standard InChI is InChI=1S/C31H19N3S/c1-2-9-20(10-3-1)33-25-13-6-4-11-22(25)24-19-21(16-17-26(24)33)34-27-14-8-18-32-30(27)29-23-12-5-7-15-28(23)35-31(29)34/h1-19H. The first-order valence-electron chi connectivity index (χ1n) is 11.7. The van der Waals surface area contributed by atoms with Gasteiger partial charge in [0.1, 0.15) is 4.83 Å². The summed E-state index contributed by atoms with van der Waals surface area (Å²) in [6.07, 6.45) is 1.90. The Hall–Kier alpha value is -4.41. The maximum Gasteiger partial charge on any atom is 0.111 e. The molecule has 0 aliphatic heterocycles. The van der Waals surface area contributed by atoms with E-state index in [0.717, 1.165) is 16.7 Å². The van der Waals surface area contributed by atoms with Crippen LogP contribution in [-0.4, -0.2) is 14.1 Å². The zero-order valence-corrected chi connectivity index (χ0v) is 19.5. The van der Waals surface area contributed by atoms with Crippen LogP contribution in [-0.2, 0) is 0 Å². The van der Waals surface area contributed by atoms with Gasteiger partial charge in [-0.2, -0.15) is 0 Å². The molecule has 4 heteroatoms. The highest BCUT2D eigenvalue weighted by atomic mass is 32.1. The molecule has 0 fully saturated rings. The highest BCUT2D eigenvalue weighted by molar-refractivity contribution is 7.25. The van der Waals surface area contributed by atoms with Gasteiger partial charge in [0.25, 0.3) is 0 Å². The average Bonchev–Trinajstić information content (AvgIpc) is 3.55. The lowest BCUT2D eigenvalue weighted by Crippen LogP contribution is -1.95. The zero-order valence-electron chi connectivity index (χ0n) is 18.7. The van der Waals surface area contributed by atoms with E-state index in [2.05, 4.69) is 112 Å². The van der Waals surface area contributed by atoms with E-state index in [-0.39, 0.29) is 0 Å². The quantitative estimate of drug-likeness (QED) is 0.251. The molecule has 3 nitrogen and oxygen atoms in total. The number of fused-ring (bicyclic) bond motifs is 8. The Morgan fingerprint density at radius 3 is 2.20 bits per heavy atom. The largest absolute Gasteiger partial charge is 0.309 e. The second-order valence-electron chi connectivity index (χ2n) is 8.87. The van der Waals surface area contributed by atoms with Crippen LogP contribution in [0.2, 0.25) is 0 Å². The number of hydrogen-bond acceptors (Lipinski definition) is 2. The van der Waals surface area contributed by atoms with Crippen molar-refractivity contribution in [3.8, 4) is 11.4 Å². The molecule has 4 aromatic heterocycles. The predicted octanol–water partition coefficient (Wildman–Crippen LogP) is 8.49. The van der Waals surface area contributed by atoms with Gasteiger partial charge in [0.05, 0.1) is 22.1 Å². The molecular formula is C31H19N3S. The summed E-state index contributed by atoms with van der Waals surface area (Å²) < 4.78 is 6.04. The summed E-state index contributed by atoms with van der Waals surface area (Å²) >= 11 is 1.84. The van der Waals surface area contributed by atoms with Crippen LogP contribution in [0.3, 0.4) is 0 Å². The van der Waals surface area contributed by atoms with Gasteiger partial charge in [-0.1, -0.05) is 54.6 Å². The SMILES string of the molecule is c1ccc(-n2c3ccccc3c3cc(-n4c5cccnc5c5c6ccccc6sc54)ccc32)cc1. The third kappa shape index (κ3) is 2.57. The van der Waals surface area contributed by atoms with Crippen LogP contribution in [0.25, 0.3) is 64.5 Å². The fourth-order valence-electron chi connectivity index (χ4n) is 5.51. The van der Waals surface area contributed by atoms with Crippen molar-refractivity contribution in [2.24, 2.45) is 0 Å². The first-order chi connectivity index (χ1) is 17.4. The van der Waals surface area contributed by atoms with Gasteiger partial charge in [0.15, 0.2) is 0 Å². The Kier molecular flexibility index (Phi) is 3.82. The van der Waals surface area contributed by atoms with Gasteiger partial charge in [-0.05, 0) is 54.6 Å². The van der Waals surface area contributed by atoms with Gasteiger partial charge in [0.2, 0.25) is 0 Å². The van der Waals surface area contributed by atoms with Crippen LogP contribution < -0.4 is 0 Å². The predicted molar refractivity (Wildman–Crippen MR) is 148 cm³/mol. The summed E-state index contributed by atoms with van der Waals surface area (Å²) in [4.78, 5) is 6.06. The number of thiophene rings is 1. The second-order valence-corrected chi connectivity index (χ2v) is 9.91. The van der Waals surface area contributed by atoms with E-state index in [1.54, 1.807) is 0 Å². The van der Waals surface area contributed by atoms with Crippen molar-refractivity contribution in [1.82, 2.24) is 14.1 Å². The molecule has 0 N–H and O–H groups in total. The third-order valence-corrected chi connectivity index (χ3v) is 8.13. The van der Waals surface area contributed by atoms with Gasteiger partial charge < -0.3 is 4.57 Å². The van der Waals surface area contributed by atoms with Gasteiger partial charge in [-0.15, -0.1) is 11.3 Å². The number of pyridine rings is 1. The molecule has 0 aliphatic carbocycles. The van der Waals surface area contributed by atoms with E-state index in [9.17, 15) is 0 Å². The number of rotatable bonds is 2. The first kappa shape index (κ1) is 19.0. The van der Waals surface area contributed by atoms with Crippen molar-refractivity contribution in [2.75, 3.05) is 0 Å². The van der Waals surface area contributed by atoms with Gasteiger partial charge in [-0.3, -0.25) is 9.55 Å². The van der Waals surface area contributed by atoms with Crippen molar-refractivity contribution in [3.05, 3.63) is 115 Å². The Labute approximate surface area is 205 Å². The minimum Gasteiger partial charge on any atom is -0.309 e. The average molecular weight is 466 g/mol. The number of hydrogen-bond donors (Lipinski definition) is 0. The smallest absolute Gasteiger partial charge is 0.111 e. The minimum absolute atomic E-state index is 1.06. The molecule has 4 aromatic carbocycles. The lowest BCUT2D eigenvalue weighted by Gasteiger charge is -2.09. The third-order valence-electron chi connectivity index (χ3n) is 6.97. The van der Waals surface area contributed by atoms with Crippen LogP contribution in [0.15, 0.2) is 115 Å². The molecule has 0 aliphatic rings. The monoisotopic (exact) mass is 465 g/mol. The molecule has 164 valence electrons. The fraction of sp³-hybridized carbons (Fsp3) is 0. The summed E-state index contributed by atoms with van der Waals surface area (Å²) in [5, 5.41) is 5.03. The molecule has 8 rings (SSSR count). The van der Waals surface area contributed by atoms with E-state index in [4.69, 9.17) is 4.98 Å².